The number of hydrogen-bond donors (Lipinski definition) is 1. The van der Waals surface area contributed by atoms with Crippen LogP contribution < -0.4 is 10.1 Å². The molecule has 0 aromatic heterocycles. The zero-order valence-electron chi connectivity index (χ0n) is 21.9. The van der Waals surface area contributed by atoms with Gasteiger partial charge >= 0.3 is 12.1 Å². The summed E-state index contributed by atoms with van der Waals surface area (Å²) in [5.74, 6) is -1.01. The molecule has 0 radical (unpaired) electrons. The highest BCUT2D eigenvalue weighted by molar-refractivity contribution is 6.04. The second kappa shape index (κ2) is 10.3. The largest absolute Gasteiger partial charge is 0.466 e. The lowest BCUT2D eigenvalue weighted by molar-refractivity contribution is -0.138. The number of rotatable bonds is 6. The van der Waals surface area contributed by atoms with Gasteiger partial charge in [-0.1, -0.05) is 38.1 Å². The molecule has 0 saturated carbocycles. The highest BCUT2D eigenvalue weighted by atomic mass is 19.4. The predicted molar refractivity (Wildman–Crippen MR) is 134 cm³/mol. The van der Waals surface area contributed by atoms with E-state index in [0.717, 1.165) is 17.8 Å². The van der Waals surface area contributed by atoms with Crippen LogP contribution in [0.5, 0.6) is 5.75 Å². The molecule has 0 bridgehead atoms. The number of ketones is 1. The summed E-state index contributed by atoms with van der Waals surface area (Å²) in [4.78, 5) is 26.3. The first kappa shape index (κ1) is 27.4. The van der Waals surface area contributed by atoms with Crippen LogP contribution >= 0.6 is 0 Å². The van der Waals surface area contributed by atoms with Gasteiger partial charge in [0.2, 0.25) is 6.29 Å². The first-order valence-corrected chi connectivity index (χ1v) is 12.1. The van der Waals surface area contributed by atoms with Gasteiger partial charge < -0.3 is 19.5 Å². The van der Waals surface area contributed by atoms with Gasteiger partial charge in [0, 0.05) is 42.0 Å². The van der Waals surface area contributed by atoms with Crippen LogP contribution in [-0.2, 0) is 25.2 Å². The van der Waals surface area contributed by atoms with Crippen molar-refractivity contribution < 1.29 is 37.0 Å². The van der Waals surface area contributed by atoms with E-state index in [-0.39, 0.29) is 16.8 Å². The fourth-order valence-electron chi connectivity index (χ4n) is 5.15. The number of ether oxygens (including phenoxy) is 3. The third-order valence-electron chi connectivity index (χ3n) is 6.78. The molecule has 0 saturated heterocycles. The predicted octanol–water partition coefficient (Wildman–Crippen LogP) is 6.21. The van der Waals surface area contributed by atoms with E-state index < -0.39 is 29.9 Å². The summed E-state index contributed by atoms with van der Waals surface area (Å²) in [6.45, 7) is 5.81. The second-order valence-corrected chi connectivity index (χ2v) is 10.3. The van der Waals surface area contributed by atoms with E-state index in [9.17, 15) is 22.8 Å². The number of allylic oxidation sites excluding steroid dienone is 3. The normalized spacial score (nSPS) is 20.0. The number of carbonyl (C=O) groups excluding carboxylic acids is 2. The third kappa shape index (κ3) is 5.48. The zero-order chi connectivity index (χ0) is 27.8. The summed E-state index contributed by atoms with van der Waals surface area (Å²) >= 11 is 0. The molecule has 2 unspecified atom stereocenters. The molecule has 2 atom stereocenters. The number of halogens is 3. The summed E-state index contributed by atoms with van der Waals surface area (Å²) in [6.07, 6.45) is -4.67. The van der Waals surface area contributed by atoms with E-state index in [1.165, 1.54) is 26.4 Å². The average Bonchev–Trinajstić information content (AvgIpc) is 2.85. The molecule has 2 aromatic carbocycles. The first-order chi connectivity index (χ1) is 17.8. The molecule has 0 fully saturated rings. The standard InChI is InChI=1S/C29H30F3NO5/c1-16-23(26(35)36-4)24(25-21(33-16)14-28(2,3)15-22(25)34)17-8-7-11-20(13-17)38-27(37-5)18-9-6-10-19(12-18)29(30,31)32/h6-13,24,27,33H,14-15H2,1-5H3. The van der Waals surface area contributed by atoms with Gasteiger partial charge in [0.25, 0.3) is 0 Å². The minimum absolute atomic E-state index is 0.0623. The second-order valence-electron chi connectivity index (χ2n) is 10.3. The summed E-state index contributed by atoms with van der Waals surface area (Å²) in [7, 11) is 2.62. The quantitative estimate of drug-likeness (QED) is 0.355. The van der Waals surface area contributed by atoms with Crippen molar-refractivity contribution in [3.05, 3.63) is 87.8 Å². The molecular weight excluding hydrogens is 499 g/mol. The molecule has 1 N–H and O–H groups in total. The monoisotopic (exact) mass is 529 g/mol. The Bertz CT molecular complexity index is 1330. The molecule has 0 spiro atoms. The first-order valence-electron chi connectivity index (χ1n) is 12.1. The van der Waals surface area contributed by atoms with Gasteiger partial charge in [-0.25, -0.2) is 4.79 Å². The lowest BCUT2D eigenvalue weighted by Crippen LogP contribution is -2.38. The molecule has 0 amide bonds. The summed E-state index contributed by atoms with van der Waals surface area (Å²) in [6, 6.07) is 11.5. The van der Waals surface area contributed by atoms with Crippen LogP contribution in [0.25, 0.3) is 0 Å². The van der Waals surface area contributed by atoms with E-state index in [1.807, 2.05) is 13.8 Å². The number of hydrogen-bond acceptors (Lipinski definition) is 6. The Morgan fingerprint density at radius 2 is 1.79 bits per heavy atom. The van der Waals surface area contributed by atoms with Crippen LogP contribution in [0.15, 0.2) is 71.1 Å². The Morgan fingerprint density at radius 1 is 1.08 bits per heavy atom. The van der Waals surface area contributed by atoms with Gasteiger partial charge in [0.1, 0.15) is 5.75 Å². The third-order valence-corrected chi connectivity index (χ3v) is 6.78. The Hall–Kier alpha value is -3.59. The maximum absolute atomic E-state index is 13.4. The summed E-state index contributed by atoms with van der Waals surface area (Å²) < 4.78 is 56.1. The van der Waals surface area contributed by atoms with Crippen molar-refractivity contribution in [1.82, 2.24) is 5.32 Å². The van der Waals surface area contributed by atoms with Gasteiger partial charge in [-0.05, 0) is 48.6 Å². The van der Waals surface area contributed by atoms with Crippen molar-refractivity contribution in [3.63, 3.8) is 0 Å². The van der Waals surface area contributed by atoms with Gasteiger partial charge in [-0.3, -0.25) is 4.79 Å². The topological polar surface area (TPSA) is 73.9 Å². The lowest BCUT2D eigenvalue weighted by atomic mass is 9.68. The summed E-state index contributed by atoms with van der Waals surface area (Å²) in [5, 5.41) is 3.26. The highest BCUT2D eigenvalue weighted by Gasteiger charge is 2.43. The number of methoxy groups -OCH3 is 2. The van der Waals surface area contributed by atoms with Crippen LogP contribution in [-0.4, -0.2) is 26.0 Å². The molecule has 38 heavy (non-hydrogen) atoms. The number of esters is 1. The molecule has 1 heterocycles. The Balaban J connectivity index is 1.74. The Labute approximate surface area is 219 Å². The van der Waals surface area contributed by atoms with Crippen molar-refractivity contribution >= 4 is 11.8 Å². The van der Waals surface area contributed by atoms with Crippen LogP contribution in [0.3, 0.4) is 0 Å². The maximum Gasteiger partial charge on any atom is 0.416 e. The van der Waals surface area contributed by atoms with Crippen molar-refractivity contribution in [3.8, 4) is 5.75 Å². The number of nitrogens with one attached hydrogen (secondary N) is 1. The lowest BCUT2D eigenvalue weighted by Gasteiger charge is -2.39. The minimum atomic E-state index is -4.51. The molecule has 9 heteroatoms. The highest BCUT2D eigenvalue weighted by Crippen LogP contribution is 2.47. The van der Waals surface area contributed by atoms with Gasteiger partial charge in [0.05, 0.1) is 18.2 Å². The van der Waals surface area contributed by atoms with Gasteiger partial charge in [0.15, 0.2) is 5.78 Å². The Kier molecular flexibility index (Phi) is 7.43. The van der Waals surface area contributed by atoms with E-state index >= 15 is 0 Å². The minimum Gasteiger partial charge on any atom is -0.466 e. The average molecular weight is 530 g/mol. The van der Waals surface area contributed by atoms with Crippen molar-refractivity contribution in [2.24, 2.45) is 5.41 Å². The van der Waals surface area contributed by atoms with E-state index in [2.05, 4.69) is 5.32 Å². The fourth-order valence-corrected chi connectivity index (χ4v) is 5.15. The smallest absolute Gasteiger partial charge is 0.416 e. The zero-order valence-corrected chi connectivity index (χ0v) is 21.9. The number of dihydropyridines is 1. The fraction of sp³-hybridized carbons (Fsp3) is 0.379. The molecular formula is C29H30F3NO5. The number of carbonyl (C=O) groups is 2. The summed E-state index contributed by atoms with van der Waals surface area (Å²) in [5.41, 5.74) is 1.94. The van der Waals surface area contributed by atoms with Gasteiger partial charge in [-0.2, -0.15) is 13.2 Å². The van der Waals surface area contributed by atoms with E-state index in [1.54, 1.807) is 31.2 Å². The van der Waals surface area contributed by atoms with Crippen LogP contribution in [0.4, 0.5) is 13.2 Å². The van der Waals surface area contributed by atoms with E-state index in [0.29, 0.717) is 41.0 Å². The molecule has 6 nitrogen and oxygen atoms in total. The van der Waals surface area contributed by atoms with Crippen LogP contribution in [0, 0.1) is 5.41 Å². The SMILES string of the molecule is COC(=O)C1=C(C)NC2=C(C(=O)CC(C)(C)C2)C1c1cccc(OC(OC)c2cccc(C(F)(F)F)c2)c1. The molecule has 4 rings (SSSR count). The van der Waals surface area contributed by atoms with Crippen molar-refractivity contribution in [2.75, 3.05) is 14.2 Å². The molecule has 2 aromatic rings. The van der Waals surface area contributed by atoms with Crippen molar-refractivity contribution in [1.29, 1.82) is 0 Å². The number of alkyl halides is 3. The van der Waals surface area contributed by atoms with Crippen LogP contribution in [0.2, 0.25) is 0 Å². The molecule has 202 valence electrons. The maximum atomic E-state index is 13.4. The van der Waals surface area contributed by atoms with Gasteiger partial charge in [-0.15, -0.1) is 0 Å². The van der Waals surface area contributed by atoms with Crippen molar-refractivity contribution in [2.45, 2.75) is 52.0 Å². The number of benzene rings is 2. The molecule has 1 aliphatic carbocycles. The van der Waals surface area contributed by atoms with Crippen LogP contribution in [0.1, 0.15) is 62.5 Å². The van der Waals surface area contributed by atoms with E-state index in [4.69, 9.17) is 14.2 Å². The number of Topliss-reactive ketones (excluding diaryl/α,β-unsaturated/α-hetero) is 1. The Morgan fingerprint density at radius 3 is 2.45 bits per heavy atom. The molecule has 2 aliphatic rings. The molecule has 1 aliphatic heterocycles.